The van der Waals surface area contributed by atoms with Gasteiger partial charge in [0.1, 0.15) is 11.4 Å². The molecule has 1 unspecified atom stereocenters. The lowest BCUT2D eigenvalue weighted by atomic mass is 10.0. The molecule has 1 atom stereocenters. The van der Waals surface area contributed by atoms with Crippen molar-refractivity contribution in [3.63, 3.8) is 0 Å². The maximum atomic E-state index is 13.1. The van der Waals surface area contributed by atoms with Crippen molar-refractivity contribution in [2.75, 3.05) is 6.54 Å². The molecular formula is C15H23FN2O2. The van der Waals surface area contributed by atoms with Crippen LogP contribution in [0, 0.1) is 12.7 Å². The Labute approximate surface area is 119 Å². The Balaban J connectivity index is 2.42. The summed E-state index contributed by atoms with van der Waals surface area (Å²) in [6.45, 7) is 7.42. The Bertz CT molecular complexity index is 469. The molecule has 0 fully saturated rings. The molecular weight excluding hydrogens is 259 g/mol. The summed E-state index contributed by atoms with van der Waals surface area (Å²) in [7, 11) is 0. The highest BCUT2D eigenvalue weighted by molar-refractivity contribution is 5.67. The van der Waals surface area contributed by atoms with Gasteiger partial charge < -0.3 is 15.8 Å². The highest BCUT2D eigenvalue weighted by Crippen LogP contribution is 2.11. The van der Waals surface area contributed by atoms with Crippen LogP contribution in [-0.2, 0) is 11.2 Å². The summed E-state index contributed by atoms with van der Waals surface area (Å²) >= 11 is 0. The van der Waals surface area contributed by atoms with Gasteiger partial charge in [0.15, 0.2) is 0 Å². The van der Waals surface area contributed by atoms with E-state index in [0.29, 0.717) is 18.5 Å². The topological polar surface area (TPSA) is 64.3 Å². The first-order chi connectivity index (χ1) is 9.17. The van der Waals surface area contributed by atoms with E-state index in [2.05, 4.69) is 5.32 Å². The van der Waals surface area contributed by atoms with E-state index in [1.165, 1.54) is 6.07 Å². The van der Waals surface area contributed by atoms with Gasteiger partial charge in [-0.05, 0) is 51.3 Å². The molecule has 20 heavy (non-hydrogen) atoms. The monoisotopic (exact) mass is 282 g/mol. The summed E-state index contributed by atoms with van der Waals surface area (Å²) in [6, 6.07) is 4.66. The van der Waals surface area contributed by atoms with Crippen molar-refractivity contribution in [2.45, 2.75) is 45.8 Å². The van der Waals surface area contributed by atoms with E-state index in [-0.39, 0.29) is 11.9 Å². The number of hydrogen-bond acceptors (Lipinski definition) is 3. The fraction of sp³-hybridized carbons (Fsp3) is 0.533. The lowest BCUT2D eigenvalue weighted by Crippen LogP contribution is -2.41. The number of carbonyl (C=O) groups is 1. The molecule has 0 saturated heterocycles. The average Bonchev–Trinajstić information content (AvgIpc) is 2.29. The van der Waals surface area contributed by atoms with Crippen molar-refractivity contribution in [1.29, 1.82) is 0 Å². The van der Waals surface area contributed by atoms with Gasteiger partial charge in [-0.2, -0.15) is 0 Å². The van der Waals surface area contributed by atoms with Crippen LogP contribution in [0.3, 0.4) is 0 Å². The first-order valence-corrected chi connectivity index (χ1v) is 6.65. The number of aryl methyl sites for hydroxylation is 1. The lowest BCUT2D eigenvalue weighted by Gasteiger charge is -2.20. The molecule has 0 heterocycles. The predicted octanol–water partition coefficient (Wildman–Crippen LogP) is 2.53. The molecule has 1 aromatic rings. The van der Waals surface area contributed by atoms with E-state index >= 15 is 0 Å². The third kappa shape index (κ3) is 6.02. The minimum Gasteiger partial charge on any atom is -0.444 e. The number of ether oxygens (including phenoxy) is 1. The van der Waals surface area contributed by atoms with Crippen LogP contribution in [0.2, 0.25) is 0 Å². The Morgan fingerprint density at radius 3 is 2.65 bits per heavy atom. The molecule has 112 valence electrons. The largest absolute Gasteiger partial charge is 0.444 e. The predicted molar refractivity (Wildman–Crippen MR) is 77.1 cm³/mol. The van der Waals surface area contributed by atoms with Gasteiger partial charge in [0.2, 0.25) is 0 Å². The maximum absolute atomic E-state index is 13.1. The summed E-state index contributed by atoms with van der Waals surface area (Å²) in [5, 5.41) is 2.62. The van der Waals surface area contributed by atoms with Crippen LogP contribution in [0.1, 0.15) is 31.9 Å². The minimum atomic E-state index is -0.526. The highest BCUT2D eigenvalue weighted by atomic mass is 19.1. The van der Waals surface area contributed by atoms with E-state index < -0.39 is 11.7 Å². The second-order valence-electron chi connectivity index (χ2n) is 5.93. The molecule has 4 nitrogen and oxygen atoms in total. The van der Waals surface area contributed by atoms with Gasteiger partial charge >= 0.3 is 6.09 Å². The van der Waals surface area contributed by atoms with Crippen molar-refractivity contribution in [3.8, 4) is 0 Å². The summed E-state index contributed by atoms with van der Waals surface area (Å²) in [6.07, 6.45) is 0.0833. The number of hydrogen-bond donors (Lipinski definition) is 2. The molecule has 1 rings (SSSR count). The number of benzene rings is 1. The van der Waals surface area contributed by atoms with Crippen LogP contribution in [-0.4, -0.2) is 24.3 Å². The zero-order valence-corrected chi connectivity index (χ0v) is 12.5. The Morgan fingerprint density at radius 1 is 1.45 bits per heavy atom. The van der Waals surface area contributed by atoms with Crippen LogP contribution in [0.15, 0.2) is 18.2 Å². The van der Waals surface area contributed by atoms with Crippen molar-refractivity contribution in [2.24, 2.45) is 5.73 Å². The van der Waals surface area contributed by atoms with Gasteiger partial charge in [-0.25, -0.2) is 9.18 Å². The molecule has 0 aliphatic rings. The van der Waals surface area contributed by atoms with Crippen LogP contribution < -0.4 is 11.1 Å². The van der Waals surface area contributed by atoms with Crippen molar-refractivity contribution in [3.05, 3.63) is 35.1 Å². The molecule has 0 spiro atoms. The highest BCUT2D eigenvalue weighted by Gasteiger charge is 2.16. The average molecular weight is 282 g/mol. The van der Waals surface area contributed by atoms with Gasteiger partial charge in [0.25, 0.3) is 0 Å². The number of carbonyl (C=O) groups excluding carboxylic acids is 1. The second kappa shape index (κ2) is 6.70. The first-order valence-electron chi connectivity index (χ1n) is 6.65. The first kappa shape index (κ1) is 16.4. The summed E-state index contributed by atoms with van der Waals surface area (Å²) < 4.78 is 18.3. The molecule has 0 aromatic heterocycles. The van der Waals surface area contributed by atoms with E-state index in [1.54, 1.807) is 39.8 Å². The Hall–Kier alpha value is -1.62. The van der Waals surface area contributed by atoms with Gasteiger partial charge in [-0.3, -0.25) is 0 Å². The quantitative estimate of drug-likeness (QED) is 0.892. The zero-order valence-electron chi connectivity index (χ0n) is 12.5. The SMILES string of the molecule is Cc1cc(CC(N)CNC(=O)OC(C)(C)C)ccc1F. The third-order valence-electron chi connectivity index (χ3n) is 2.63. The third-order valence-corrected chi connectivity index (χ3v) is 2.63. The van der Waals surface area contributed by atoms with E-state index in [1.807, 2.05) is 0 Å². The van der Waals surface area contributed by atoms with Gasteiger partial charge in [0.05, 0.1) is 0 Å². The normalized spacial score (nSPS) is 12.9. The molecule has 1 aromatic carbocycles. The molecule has 0 saturated carbocycles. The van der Waals surface area contributed by atoms with E-state index in [0.717, 1.165) is 5.56 Å². The molecule has 3 N–H and O–H groups in total. The minimum absolute atomic E-state index is 0.228. The number of alkyl carbamates (subject to hydrolysis) is 1. The summed E-state index contributed by atoms with van der Waals surface area (Å²) in [5.41, 5.74) is 6.96. The molecule has 0 radical (unpaired) electrons. The van der Waals surface area contributed by atoms with E-state index in [4.69, 9.17) is 10.5 Å². The lowest BCUT2D eigenvalue weighted by molar-refractivity contribution is 0.0524. The molecule has 0 aliphatic heterocycles. The second-order valence-corrected chi connectivity index (χ2v) is 5.93. The number of nitrogens with one attached hydrogen (secondary N) is 1. The Morgan fingerprint density at radius 2 is 2.10 bits per heavy atom. The fourth-order valence-corrected chi connectivity index (χ4v) is 1.74. The standard InChI is InChI=1S/C15H23FN2O2/c1-10-7-11(5-6-13(10)16)8-12(17)9-18-14(19)20-15(2,3)4/h5-7,12H,8-9,17H2,1-4H3,(H,18,19). The van der Waals surface area contributed by atoms with Crippen molar-refractivity contribution in [1.82, 2.24) is 5.32 Å². The van der Waals surface area contributed by atoms with Crippen LogP contribution in [0.25, 0.3) is 0 Å². The number of amides is 1. The van der Waals surface area contributed by atoms with Crippen LogP contribution in [0.5, 0.6) is 0 Å². The van der Waals surface area contributed by atoms with Crippen molar-refractivity contribution >= 4 is 6.09 Å². The van der Waals surface area contributed by atoms with Gasteiger partial charge in [0, 0.05) is 12.6 Å². The summed E-state index contributed by atoms with van der Waals surface area (Å²) in [4.78, 5) is 11.5. The number of halogens is 1. The smallest absolute Gasteiger partial charge is 0.407 e. The fourth-order valence-electron chi connectivity index (χ4n) is 1.74. The maximum Gasteiger partial charge on any atom is 0.407 e. The van der Waals surface area contributed by atoms with Gasteiger partial charge in [-0.1, -0.05) is 12.1 Å². The van der Waals surface area contributed by atoms with Crippen molar-refractivity contribution < 1.29 is 13.9 Å². The van der Waals surface area contributed by atoms with Crippen LogP contribution >= 0.6 is 0 Å². The Kier molecular flexibility index (Phi) is 5.51. The molecule has 5 heteroatoms. The van der Waals surface area contributed by atoms with Gasteiger partial charge in [-0.15, -0.1) is 0 Å². The summed E-state index contributed by atoms with van der Waals surface area (Å²) in [5.74, 6) is -0.228. The molecule has 1 amide bonds. The number of rotatable bonds is 4. The molecule has 0 aliphatic carbocycles. The van der Waals surface area contributed by atoms with E-state index in [9.17, 15) is 9.18 Å². The molecule has 0 bridgehead atoms. The number of nitrogens with two attached hydrogens (primary N) is 1. The van der Waals surface area contributed by atoms with Crippen LogP contribution in [0.4, 0.5) is 9.18 Å². The zero-order chi connectivity index (χ0) is 15.3.